The van der Waals surface area contributed by atoms with Crippen LogP contribution < -0.4 is 0 Å². The Labute approximate surface area is 118 Å². The molecule has 1 aromatic rings. The average molecular weight is 303 g/mol. The Morgan fingerprint density at radius 2 is 2.00 bits per heavy atom. The van der Waals surface area contributed by atoms with Gasteiger partial charge in [-0.1, -0.05) is 29.8 Å². The van der Waals surface area contributed by atoms with Gasteiger partial charge in [0.25, 0.3) is 0 Å². The Bertz CT molecular complexity index is 534. The lowest BCUT2D eigenvalue weighted by molar-refractivity contribution is -0.186. The van der Waals surface area contributed by atoms with E-state index in [0.29, 0.717) is 9.92 Å². The number of alkyl halides is 3. The fraction of sp³-hybridized carbons (Fsp3) is 0.231. The van der Waals surface area contributed by atoms with Crippen molar-refractivity contribution in [3.63, 3.8) is 0 Å². The first-order chi connectivity index (χ1) is 9.31. The van der Waals surface area contributed by atoms with Crippen molar-refractivity contribution in [2.24, 2.45) is 0 Å². The third-order valence-electron chi connectivity index (χ3n) is 2.45. The average Bonchev–Trinajstić information content (AvgIpc) is 2.38. The van der Waals surface area contributed by atoms with Crippen LogP contribution in [0.2, 0.25) is 5.02 Å². The quantitative estimate of drug-likeness (QED) is 0.799. The lowest BCUT2D eigenvalue weighted by Gasteiger charge is -2.27. The summed E-state index contributed by atoms with van der Waals surface area (Å²) in [4.78, 5) is 11.8. The molecule has 1 unspecified atom stereocenters. The van der Waals surface area contributed by atoms with Crippen LogP contribution in [0.15, 0.2) is 36.9 Å². The van der Waals surface area contributed by atoms with E-state index in [1.807, 2.05) is 0 Å². The van der Waals surface area contributed by atoms with Crippen molar-refractivity contribution in [1.82, 2.24) is 4.90 Å². The third kappa shape index (κ3) is 3.75. The van der Waals surface area contributed by atoms with Crippen LogP contribution in [0.3, 0.4) is 0 Å². The van der Waals surface area contributed by atoms with E-state index in [2.05, 4.69) is 6.58 Å². The van der Waals surface area contributed by atoms with Gasteiger partial charge < -0.3 is 4.90 Å². The van der Waals surface area contributed by atoms with E-state index in [1.54, 1.807) is 6.07 Å². The number of hydrogen-bond acceptors (Lipinski definition) is 2. The summed E-state index contributed by atoms with van der Waals surface area (Å²) in [7, 11) is 0. The molecule has 0 bridgehead atoms. The van der Waals surface area contributed by atoms with Gasteiger partial charge in [0, 0.05) is 11.6 Å². The molecule has 7 heteroatoms. The van der Waals surface area contributed by atoms with Crippen LogP contribution in [0, 0.1) is 11.3 Å². The summed E-state index contributed by atoms with van der Waals surface area (Å²) in [5.74, 6) is -2.08. The van der Waals surface area contributed by atoms with Crippen molar-refractivity contribution in [2.45, 2.75) is 12.2 Å². The van der Waals surface area contributed by atoms with Crippen LogP contribution in [-0.4, -0.2) is 23.5 Å². The minimum atomic E-state index is -5.05. The molecule has 3 nitrogen and oxygen atoms in total. The number of hydrogen-bond donors (Lipinski definition) is 0. The van der Waals surface area contributed by atoms with Gasteiger partial charge in [0.05, 0.1) is 6.07 Å². The second kappa shape index (κ2) is 6.44. The second-order valence-corrected chi connectivity index (χ2v) is 4.26. The standard InChI is InChI=1S/C13H10ClF3N2O/c1-2-7-19(12(20)13(15,16)17)11(8-18)9-3-5-10(14)6-4-9/h2-6,11H,1,7H2. The zero-order chi connectivity index (χ0) is 15.3. The molecule has 0 saturated heterocycles. The summed E-state index contributed by atoms with van der Waals surface area (Å²) in [6, 6.07) is 6.00. The normalized spacial score (nSPS) is 12.3. The van der Waals surface area contributed by atoms with Gasteiger partial charge in [0.2, 0.25) is 0 Å². The van der Waals surface area contributed by atoms with Crippen LogP contribution in [0.4, 0.5) is 13.2 Å². The highest BCUT2D eigenvalue weighted by molar-refractivity contribution is 6.30. The van der Waals surface area contributed by atoms with Crippen molar-refractivity contribution in [2.75, 3.05) is 6.54 Å². The van der Waals surface area contributed by atoms with Crippen molar-refractivity contribution in [1.29, 1.82) is 5.26 Å². The molecule has 106 valence electrons. The molecular weight excluding hydrogens is 293 g/mol. The van der Waals surface area contributed by atoms with Crippen LogP contribution in [0.5, 0.6) is 0 Å². The topological polar surface area (TPSA) is 44.1 Å². The zero-order valence-corrected chi connectivity index (χ0v) is 10.9. The largest absolute Gasteiger partial charge is 0.471 e. The molecule has 1 aromatic carbocycles. The molecule has 0 aromatic heterocycles. The summed E-state index contributed by atoms with van der Waals surface area (Å²) in [6.45, 7) is 2.91. The fourth-order valence-corrected chi connectivity index (χ4v) is 1.70. The molecule has 0 saturated carbocycles. The van der Waals surface area contributed by atoms with E-state index in [4.69, 9.17) is 16.9 Å². The first-order valence-corrected chi connectivity index (χ1v) is 5.82. The number of nitrogens with zero attached hydrogens (tertiary/aromatic N) is 2. The molecule has 0 aliphatic carbocycles. The zero-order valence-electron chi connectivity index (χ0n) is 10.2. The van der Waals surface area contributed by atoms with Gasteiger partial charge in [-0.05, 0) is 17.7 Å². The van der Waals surface area contributed by atoms with Gasteiger partial charge in [-0.15, -0.1) is 6.58 Å². The predicted octanol–water partition coefficient (Wildman–Crippen LogP) is 3.48. The van der Waals surface area contributed by atoms with E-state index in [9.17, 15) is 18.0 Å². The van der Waals surface area contributed by atoms with E-state index in [-0.39, 0.29) is 12.1 Å². The van der Waals surface area contributed by atoms with Gasteiger partial charge >= 0.3 is 12.1 Å². The highest BCUT2D eigenvalue weighted by atomic mass is 35.5. The molecule has 1 rings (SSSR count). The number of nitriles is 1. The molecule has 20 heavy (non-hydrogen) atoms. The Balaban J connectivity index is 3.17. The number of halogens is 4. The molecule has 1 amide bonds. The van der Waals surface area contributed by atoms with Gasteiger partial charge in [0.1, 0.15) is 6.04 Å². The Hall–Kier alpha value is -2.00. The molecule has 1 atom stereocenters. The lowest BCUT2D eigenvalue weighted by Crippen LogP contribution is -2.43. The van der Waals surface area contributed by atoms with Crippen LogP contribution in [-0.2, 0) is 4.79 Å². The molecular formula is C13H10ClF3N2O. The maximum absolute atomic E-state index is 12.5. The highest BCUT2D eigenvalue weighted by Crippen LogP contribution is 2.27. The lowest BCUT2D eigenvalue weighted by atomic mass is 10.1. The summed E-state index contributed by atoms with van der Waals surface area (Å²) in [5.41, 5.74) is 0.247. The highest BCUT2D eigenvalue weighted by Gasteiger charge is 2.44. The first kappa shape index (κ1) is 16.1. The maximum atomic E-state index is 12.5. The van der Waals surface area contributed by atoms with Crippen molar-refractivity contribution < 1.29 is 18.0 Å². The number of amides is 1. The number of rotatable bonds is 4. The van der Waals surface area contributed by atoms with Crippen LogP contribution >= 0.6 is 11.6 Å². The van der Waals surface area contributed by atoms with E-state index in [0.717, 1.165) is 6.08 Å². The Morgan fingerprint density at radius 1 is 1.45 bits per heavy atom. The third-order valence-corrected chi connectivity index (χ3v) is 2.70. The first-order valence-electron chi connectivity index (χ1n) is 5.45. The molecule has 0 aliphatic heterocycles. The minimum Gasteiger partial charge on any atom is -0.311 e. The Kier molecular flexibility index (Phi) is 5.17. The predicted molar refractivity (Wildman–Crippen MR) is 67.8 cm³/mol. The van der Waals surface area contributed by atoms with Gasteiger partial charge in [-0.3, -0.25) is 4.79 Å². The smallest absolute Gasteiger partial charge is 0.311 e. The van der Waals surface area contributed by atoms with Crippen molar-refractivity contribution in [3.05, 3.63) is 47.5 Å². The van der Waals surface area contributed by atoms with Gasteiger partial charge in [-0.2, -0.15) is 18.4 Å². The summed E-state index contributed by atoms with van der Waals surface area (Å²) in [5, 5.41) is 9.46. The van der Waals surface area contributed by atoms with E-state index < -0.39 is 18.1 Å². The van der Waals surface area contributed by atoms with E-state index in [1.165, 1.54) is 24.3 Å². The molecule has 0 radical (unpaired) electrons. The number of carbonyl (C=O) groups is 1. The van der Waals surface area contributed by atoms with Gasteiger partial charge in [0.15, 0.2) is 0 Å². The minimum absolute atomic E-state index is 0.247. The summed E-state index contributed by atoms with van der Waals surface area (Å²) in [6.07, 6.45) is -3.92. The number of benzene rings is 1. The van der Waals surface area contributed by atoms with Crippen LogP contribution in [0.1, 0.15) is 11.6 Å². The van der Waals surface area contributed by atoms with Crippen LogP contribution in [0.25, 0.3) is 0 Å². The monoisotopic (exact) mass is 302 g/mol. The number of carbonyl (C=O) groups excluding carboxylic acids is 1. The fourth-order valence-electron chi connectivity index (χ4n) is 1.58. The second-order valence-electron chi connectivity index (χ2n) is 3.83. The molecule has 0 N–H and O–H groups in total. The Morgan fingerprint density at radius 3 is 2.40 bits per heavy atom. The summed E-state index contributed by atoms with van der Waals surface area (Å²) >= 11 is 5.68. The molecule has 0 aliphatic rings. The SMILES string of the molecule is C=CCN(C(=O)C(F)(F)F)C(C#N)c1ccc(Cl)cc1. The van der Waals surface area contributed by atoms with Gasteiger partial charge in [-0.25, -0.2) is 0 Å². The molecule has 0 heterocycles. The van der Waals surface area contributed by atoms with Crippen molar-refractivity contribution in [3.8, 4) is 6.07 Å². The van der Waals surface area contributed by atoms with Crippen molar-refractivity contribution >= 4 is 17.5 Å². The summed E-state index contributed by atoms with van der Waals surface area (Å²) < 4.78 is 37.6. The molecule has 0 spiro atoms. The maximum Gasteiger partial charge on any atom is 0.471 e. The molecule has 0 fully saturated rings. The van der Waals surface area contributed by atoms with E-state index >= 15 is 0 Å².